The zero-order chi connectivity index (χ0) is 15.2. The van der Waals surface area contributed by atoms with Gasteiger partial charge in [-0.1, -0.05) is 30.3 Å². The Morgan fingerprint density at radius 1 is 1.33 bits per heavy atom. The van der Waals surface area contributed by atoms with Gasteiger partial charge < -0.3 is 15.0 Å². The minimum absolute atomic E-state index is 0.0102. The third-order valence-corrected chi connectivity index (χ3v) is 2.87. The van der Waals surface area contributed by atoms with E-state index < -0.39 is 11.3 Å². The average Bonchev–Trinajstić information content (AvgIpc) is 2.53. The Bertz CT molecular complexity index is 707. The number of nitrogens with one attached hydrogen (secondary N) is 2. The van der Waals surface area contributed by atoms with Gasteiger partial charge >= 0.3 is 0 Å². The van der Waals surface area contributed by atoms with Crippen molar-refractivity contribution in [1.29, 1.82) is 0 Å². The van der Waals surface area contributed by atoms with E-state index in [1.807, 2.05) is 30.3 Å². The fourth-order valence-corrected chi connectivity index (χ4v) is 1.77. The molecule has 2 rings (SSSR count). The molecule has 0 fully saturated rings. The molecule has 1 aromatic heterocycles. The van der Waals surface area contributed by atoms with Gasteiger partial charge in [0.05, 0.1) is 5.56 Å². The molecule has 0 radical (unpaired) electrons. The van der Waals surface area contributed by atoms with Gasteiger partial charge in [-0.15, -0.1) is 0 Å². The fraction of sp³-hybridized carbons (Fsp3) is 0.133. The van der Waals surface area contributed by atoms with Crippen LogP contribution in [0.3, 0.4) is 0 Å². The minimum Gasteiger partial charge on any atom is -0.483 e. The van der Waals surface area contributed by atoms with Crippen molar-refractivity contribution in [3.05, 3.63) is 63.6 Å². The number of pyridine rings is 1. The summed E-state index contributed by atoms with van der Waals surface area (Å²) in [6.45, 7) is 0.121. The molecule has 0 aliphatic carbocycles. The molecule has 0 spiro atoms. The molecule has 0 bridgehead atoms. The first kappa shape index (κ1) is 14.5. The van der Waals surface area contributed by atoms with Gasteiger partial charge in [-0.3, -0.25) is 14.4 Å². The number of amides is 1. The number of carbonyl (C=O) groups excluding carboxylic acids is 2. The summed E-state index contributed by atoms with van der Waals surface area (Å²) in [5, 5.41) is 2.41. The van der Waals surface area contributed by atoms with E-state index in [1.165, 1.54) is 13.2 Å². The van der Waals surface area contributed by atoms with E-state index in [4.69, 9.17) is 4.74 Å². The maximum absolute atomic E-state index is 12.1. The molecule has 1 aromatic carbocycles. The summed E-state index contributed by atoms with van der Waals surface area (Å²) in [6.07, 6.45) is 1.61. The van der Waals surface area contributed by atoms with Crippen molar-refractivity contribution in [2.45, 2.75) is 6.61 Å². The highest BCUT2D eigenvalue weighted by Crippen LogP contribution is 2.13. The summed E-state index contributed by atoms with van der Waals surface area (Å²) in [4.78, 5) is 37.3. The summed E-state index contributed by atoms with van der Waals surface area (Å²) < 4.78 is 5.46. The van der Waals surface area contributed by atoms with Crippen molar-refractivity contribution in [3.63, 3.8) is 0 Å². The lowest BCUT2D eigenvalue weighted by atomic mass is 10.2. The third-order valence-electron chi connectivity index (χ3n) is 2.87. The summed E-state index contributed by atoms with van der Waals surface area (Å²) >= 11 is 0. The van der Waals surface area contributed by atoms with E-state index in [0.29, 0.717) is 6.29 Å². The zero-order valence-corrected chi connectivity index (χ0v) is 11.4. The first-order valence-corrected chi connectivity index (χ1v) is 6.27. The average molecular weight is 286 g/mol. The van der Waals surface area contributed by atoms with Gasteiger partial charge in [0.15, 0.2) is 17.7 Å². The van der Waals surface area contributed by atoms with E-state index in [2.05, 4.69) is 10.3 Å². The Hall–Kier alpha value is -2.89. The molecular formula is C15H14N2O4. The molecule has 2 aromatic rings. The topological polar surface area (TPSA) is 88.3 Å². The number of aldehydes is 1. The van der Waals surface area contributed by atoms with Gasteiger partial charge in [0.25, 0.3) is 5.91 Å². The van der Waals surface area contributed by atoms with Crippen LogP contribution in [0.2, 0.25) is 0 Å². The molecule has 6 heteroatoms. The molecule has 0 saturated heterocycles. The lowest BCUT2D eigenvalue weighted by Crippen LogP contribution is -2.25. The quantitative estimate of drug-likeness (QED) is 0.806. The molecule has 6 nitrogen and oxygen atoms in total. The Morgan fingerprint density at radius 2 is 2.05 bits per heavy atom. The first-order valence-electron chi connectivity index (χ1n) is 6.27. The fourth-order valence-electron chi connectivity index (χ4n) is 1.77. The predicted molar refractivity (Wildman–Crippen MR) is 76.6 cm³/mol. The lowest BCUT2D eigenvalue weighted by Gasteiger charge is -2.10. The van der Waals surface area contributed by atoms with Crippen molar-refractivity contribution >= 4 is 12.2 Å². The molecule has 1 heterocycles. The van der Waals surface area contributed by atoms with Crippen molar-refractivity contribution in [2.75, 3.05) is 7.05 Å². The smallest absolute Gasteiger partial charge is 0.271 e. The van der Waals surface area contributed by atoms with Crippen LogP contribution in [0.5, 0.6) is 5.75 Å². The number of carbonyl (C=O) groups is 2. The summed E-state index contributed by atoms with van der Waals surface area (Å²) in [7, 11) is 1.44. The van der Waals surface area contributed by atoms with Crippen LogP contribution in [0.1, 0.15) is 26.4 Å². The van der Waals surface area contributed by atoms with Crippen molar-refractivity contribution < 1.29 is 14.3 Å². The van der Waals surface area contributed by atoms with Crippen LogP contribution in [0.25, 0.3) is 0 Å². The van der Waals surface area contributed by atoms with E-state index in [9.17, 15) is 14.4 Å². The summed E-state index contributed by atoms with van der Waals surface area (Å²) in [5.41, 5.74) is 0.129. The monoisotopic (exact) mass is 286 g/mol. The van der Waals surface area contributed by atoms with Crippen molar-refractivity contribution in [2.24, 2.45) is 0 Å². The normalized spacial score (nSPS) is 9.95. The second kappa shape index (κ2) is 6.51. The van der Waals surface area contributed by atoms with Gasteiger partial charge in [0.1, 0.15) is 6.61 Å². The lowest BCUT2D eigenvalue weighted by molar-refractivity contribution is 0.0951. The van der Waals surface area contributed by atoms with Crippen LogP contribution in [-0.2, 0) is 6.61 Å². The Balaban J connectivity index is 2.37. The molecule has 0 unspecified atom stereocenters. The summed E-state index contributed by atoms with van der Waals surface area (Å²) in [5.74, 6) is -0.657. The van der Waals surface area contributed by atoms with Gasteiger partial charge in [0.2, 0.25) is 5.43 Å². The second-order valence-electron chi connectivity index (χ2n) is 4.25. The van der Waals surface area contributed by atoms with Crippen LogP contribution in [-0.4, -0.2) is 24.2 Å². The molecular weight excluding hydrogens is 272 g/mol. The molecule has 108 valence electrons. The van der Waals surface area contributed by atoms with Gasteiger partial charge in [-0.2, -0.15) is 0 Å². The van der Waals surface area contributed by atoms with Crippen LogP contribution in [0, 0.1) is 0 Å². The number of rotatable bonds is 5. The maximum Gasteiger partial charge on any atom is 0.271 e. The van der Waals surface area contributed by atoms with Crippen molar-refractivity contribution in [3.8, 4) is 5.75 Å². The SMILES string of the molecule is CNC(=O)c1[nH]cc(C=O)c(=O)c1OCc1ccccc1. The van der Waals surface area contributed by atoms with Gasteiger partial charge in [-0.25, -0.2) is 0 Å². The molecule has 0 aliphatic heterocycles. The predicted octanol–water partition coefficient (Wildman–Crippen LogP) is 1.13. The summed E-state index contributed by atoms with van der Waals surface area (Å²) in [6, 6.07) is 9.20. The number of hydrogen-bond acceptors (Lipinski definition) is 4. The number of hydrogen-bond donors (Lipinski definition) is 2. The highest BCUT2D eigenvalue weighted by atomic mass is 16.5. The molecule has 21 heavy (non-hydrogen) atoms. The second-order valence-corrected chi connectivity index (χ2v) is 4.25. The van der Waals surface area contributed by atoms with Crippen LogP contribution in [0.4, 0.5) is 0 Å². The zero-order valence-electron chi connectivity index (χ0n) is 11.4. The van der Waals surface area contributed by atoms with Crippen LogP contribution >= 0.6 is 0 Å². The van der Waals surface area contributed by atoms with Gasteiger partial charge in [0, 0.05) is 13.2 Å². The molecule has 1 amide bonds. The highest BCUT2D eigenvalue weighted by Gasteiger charge is 2.18. The molecule has 2 N–H and O–H groups in total. The van der Waals surface area contributed by atoms with Crippen LogP contribution < -0.4 is 15.5 Å². The Labute approximate surface area is 120 Å². The maximum atomic E-state index is 12.1. The number of aromatic amines is 1. The largest absolute Gasteiger partial charge is 0.483 e. The van der Waals surface area contributed by atoms with E-state index in [-0.39, 0.29) is 23.6 Å². The van der Waals surface area contributed by atoms with Crippen molar-refractivity contribution in [1.82, 2.24) is 10.3 Å². The Kier molecular flexibility index (Phi) is 4.50. The standard InChI is InChI=1S/C15H14N2O4/c1-16-15(20)12-14(13(19)11(8-18)7-17-12)21-9-10-5-3-2-4-6-10/h2-8H,9H2,1H3,(H,16,20)(H,17,19). The molecule has 0 atom stereocenters. The number of ether oxygens (including phenoxy) is 1. The highest BCUT2D eigenvalue weighted by molar-refractivity contribution is 5.95. The van der Waals surface area contributed by atoms with Crippen LogP contribution in [0.15, 0.2) is 41.3 Å². The van der Waals surface area contributed by atoms with Gasteiger partial charge in [-0.05, 0) is 5.56 Å². The molecule has 0 saturated carbocycles. The van der Waals surface area contributed by atoms with E-state index >= 15 is 0 Å². The third kappa shape index (κ3) is 3.17. The van der Waals surface area contributed by atoms with E-state index in [0.717, 1.165) is 5.56 Å². The number of aromatic nitrogens is 1. The minimum atomic E-state index is -0.613. The number of benzene rings is 1. The Morgan fingerprint density at radius 3 is 2.67 bits per heavy atom. The first-order chi connectivity index (χ1) is 10.2. The number of H-pyrrole nitrogens is 1. The van der Waals surface area contributed by atoms with E-state index in [1.54, 1.807) is 0 Å². The molecule has 0 aliphatic rings.